The van der Waals surface area contributed by atoms with Crippen molar-refractivity contribution in [3.8, 4) is 0 Å². The van der Waals surface area contributed by atoms with E-state index in [2.05, 4.69) is 0 Å². The van der Waals surface area contributed by atoms with Gasteiger partial charge in [0.2, 0.25) is 0 Å². The zero-order valence-corrected chi connectivity index (χ0v) is 10.2. The van der Waals surface area contributed by atoms with Crippen molar-refractivity contribution < 1.29 is 46.9 Å². The molecule has 0 bridgehead atoms. The van der Waals surface area contributed by atoms with Crippen LogP contribution < -0.4 is 0 Å². The molecule has 0 aliphatic rings. The van der Waals surface area contributed by atoms with Crippen LogP contribution in [-0.4, -0.2) is 28.6 Å². The molecular weight excluding hydrogens is 253 g/mol. The molecular formula is C2H7ClO6SZn. The van der Waals surface area contributed by atoms with E-state index in [0.29, 0.717) is 0 Å². The number of halogens is 1. The van der Waals surface area contributed by atoms with Gasteiger partial charge in [0.15, 0.2) is 0 Å². The Morgan fingerprint density at radius 1 is 1.27 bits per heavy atom. The first-order chi connectivity index (χ1) is 3.73. The van der Waals surface area contributed by atoms with Gasteiger partial charge in [-0.05, 0) is 0 Å². The van der Waals surface area contributed by atoms with E-state index in [1.54, 1.807) is 0 Å². The topological polar surface area (TPSA) is 112 Å². The number of aliphatic carboxylic acids is 1. The predicted octanol–water partition coefficient (Wildman–Crippen LogP) is -0.143. The van der Waals surface area contributed by atoms with E-state index < -0.39 is 16.4 Å². The Morgan fingerprint density at radius 3 is 1.27 bits per heavy atom. The molecule has 3 N–H and O–H groups in total. The van der Waals surface area contributed by atoms with Crippen molar-refractivity contribution in [2.45, 2.75) is 6.92 Å². The van der Waals surface area contributed by atoms with Crippen LogP contribution in [0.15, 0.2) is 0 Å². The maximum atomic E-state index is 9.00. The molecule has 0 aliphatic heterocycles. The van der Waals surface area contributed by atoms with Gasteiger partial charge in [-0.25, -0.2) is 0 Å². The number of hydrogen-bond donors (Lipinski definition) is 3. The number of hydrogen-bond acceptors (Lipinski definition) is 3. The van der Waals surface area contributed by atoms with Gasteiger partial charge in [0.1, 0.15) is 0 Å². The van der Waals surface area contributed by atoms with Crippen LogP contribution in [0.4, 0.5) is 0 Å². The minimum Gasteiger partial charge on any atom is -0.481 e. The Balaban J connectivity index is -0.0000000383. The van der Waals surface area contributed by atoms with Crippen LogP contribution >= 0.6 is 12.4 Å². The molecule has 0 saturated carbocycles. The predicted molar refractivity (Wildman–Crippen MR) is 34.7 cm³/mol. The Bertz CT molecular complexity index is 163. The Morgan fingerprint density at radius 2 is 1.27 bits per heavy atom. The van der Waals surface area contributed by atoms with E-state index in [1.807, 2.05) is 0 Å². The van der Waals surface area contributed by atoms with Crippen LogP contribution in [0.3, 0.4) is 0 Å². The van der Waals surface area contributed by atoms with Gasteiger partial charge < -0.3 is 5.11 Å². The molecule has 0 heterocycles. The average Bonchev–Trinajstić information content (AvgIpc) is 1.19. The Labute approximate surface area is 82.7 Å². The first kappa shape index (κ1) is 22.5. The third-order valence-electron chi connectivity index (χ3n) is 0. The number of rotatable bonds is 0. The summed E-state index contributed by atoms with van der Waals surface area (Å²) in [4.78, 5) is 9.00. The van der Waals surface area contributed by atoms with Crippen LogP contribution in [0.5, 0.6) is 0 Å². The molecule has 0 spiro atoms. The van der Waals surface area contributed by atoms with E-state index in [-0.39, 0.29) is 31.9 Å². The minimum absolute atomic E-state index is 0. The van der Waals surface area contributed by atoms with Crippen molar-refractivity contribution in [1.29, 1.82) is 0 Å². The van der Waals surface area contributed by atoms with Gasteiger partial charge in [-0.2, -0.15) is 8.42 Å². The summed E-state index contributed by atoms with van der Waals surface area (Å²) < 4.78 is 31.6. The third-order valence-corrected chi connectivity index (χ3v) is 0. The summed E-state index contributed by atoms with van der Waals surface area (Å²) in [5.74, 6) is -0.833. The fourth-order valence-corrected chi connectivity index (χ4v) is 0. The molecule has 0 aliphatic carbocycles. The summed E-state index contributed by atoms with van der Waals surface area (Å²) in [7, 11) is -4.67. The Kier molecular flexibility index (Phi) is 21.0. The van der Waals surface area contributed by atoms with Gasteiger partial charge in [0.05, 0.1) is 0 Å². The van der Waals surface area contributed by atoms with Crippen LogP contribution in [0.2, 0.25) is 0 Å². The molecule has 9 heteroatoms. The zero-order chi connectivity index (χ0) is 8.08. The molecule has 0 saturated heterocycles. The van der Waals surface area contributed by atoms with Gasteiger partial charge in [-0.15, -0.1) is 12.4 Å². The fraction of sp³-hybridized carbons (Fsp3) is 0.500. The molecule has 0 aromatic heterocycles. The maximum Gasteiger partial charge on any atom is 0.394 e. The summed E-state index contributed by atoms with van der Waals surface area (Å²) in [6, 6.07) is 0. The summed E-state index contributed by atoms with van der Waals surface area (Å²) in [5, 5.41) is 7.42. The monoisotopic (exact) mass is 258 g/mol. The largest absolute Gasteiger partial charge is 0.481 e. The number of carboxylic acids is 1. The van der Waals surface area contributed by atoms with Crippen LogP contribution in [0.1, 0.15) is 6.92 Å². The van der Waals surface area contributed by atoms with Crippen LogP contribution in [0.25, 0.3) is 0 Å². The molecule has 11 heavy (non-hydrogen) atoms. The molecule has 6 nitrogen and oxygen atoms in total. The molecule has 0 amide bonds. The van der Waals surface area contributed by atoms with Gasteiger partial charge in [0.25, 0.3) is 5.97 Å². The normalized spacial score (nSPS) is 7.55. The van der Waals surface area contributed by atoms with Crippen molar-refractivity contribution in [2.75, 3.05) is 0 Å². The first-order valence-electron chi connectivity index (χ1n) is 1.63. The van der Waals surface area contributed by atoms with Crippen LogP contribution in [-0.2, 0) is 34.7 Å². The van der Waals surface area contributed by atoms with Crippen molar-refractivity contribution in [3.05, 3.63) is 0 Å². The summed E-state index contributed by atoms with van der Waals surface area (Å²) in [6.07, 6.45) is 0. The van der Waals surface area contributed by atoms with Crippen molar-refractivity contribution >= 4 is 28.8 Å². The van der Waals surface area contributed by atoms with E-state index in [9.17, 15) is 0 Å². The SMILES string of the molecule is CC(=O)O.Cl.O=S(=O)(O)O.[Zn]. The van der Waals surface area contributed by atoms with Crippen molar-refractivity contribution in [1.82, 2.24) is 0 Å². The Hall–Kier alpha value is 0.253. The second-order valence-corrected chi connectivity index (χ2v) is 1.86. The van der Waals surface area contributed by atoms with Crippen molar-refractivity contribution in [3.63, 3.8) is 0 Å². The van der Waals surface area contributed by atoms with Gasteiger partial charge in [-0.1, -0.05) is 0 Å². The molecule has 66 valence electrons. The minimum atomic E-state index is -4.67. The molecule has 0 aromatic carbocycles. The van der Waals surface area contributed by atoms with Gasteiger partial charge in [-0.3, -0.25) is 13.9 Å². The molecule has 0 aromatic rings. The molecule has 0 rings (SSSR count). The van der Waals surface area contributed by atoms with E-state index in [4.69, 9.17) is 27.4 Å². The van der Waals surface area contributed by atoms with E-state index in [1.165, 1.54) is 0 Å². The number of carbonyl (C=O) groups is 1. The van der Waals surface area contributed by atoms with E-state index >= 15 is 0 Å². The third kappa shape index (κ3) is 10900. The summed E-state index contributed by atoms with van der Waals surface area (Å²) in [5.41, 5.74) is 0. The summed E-state index contributed by atoms with van der Waals surface area (Å²) in [6.45, 7) is 1.08. The second kappa shape index (κ2) is 10.3. The van der Waals surface area contributed by atoms with E-state index in [0.717, 1.165) is 6.92 Å². The molecule has 0 fully saturated rings. The molecule has 0 unspecified atom stereocenters. The maximum absolute atomic E-state index is 9.00. The smallest absolute Gasteiger partial charge is 0.394 e. The molecule has 0 atom stereocenters. The van der Waals surface area contributed by atoms with Crippen molar-refractivity contribution in [2.24, 2.45) is 0 Å². The number of carboxylic acid groups (broad SMARTS) is 1. The quantitative estimate of drug-likeness (QED) is 0.412. The van der Waals surface area contributed by atoms with Gasteiger partial charge in [0, 0.05) is 26.4 Å². The first-order valence-corrected chi connectivity index (χ1v) is 3.02. The van der Waals surface area contributed by atoms with Crippen LogP contribution in [0, 0.1) is 0 Å². The fourth-order valence-electron chi connectivity index (χ4n) is 0. The zero-order valence-electron chi connectivity index (χ0n) is 5.59. The molecule has 0 radical (unpaired) electrons. The average molecular weight is 260 g/mol. The summed E-state index contributed by atoms with van der Waals surface area (Å²) >= 11 is 0. The second-order valence-electron chi connectivity index (χ2n) is 0.967. The standard InChI is InChI=1S/C2H4O2.ClH.H2O4S.Zn/c1-2(3)4;;1-5(2,3)4;/h1H3,(H,3,4);1H;(H2,1,2,3,4);. The van der Waals surface area contributed by atoms with Gasteiger partial charge >= 0.3 is 10.4 Å².